The minimum Gasteiger partial charge on any atom is -0.466 e. The fourth-order valence-electron chi connectivity index (χ4n) is 2.52. The highest BCUT2D eigenvalue weighted by Crippen LogP contribution is 2.22. The lowest BCUT2D eigenvalue weighted by Gasteiger charge is -2.31. The summed E-state index contributed by atoms with van der Waals surface area (Å²) >= 11 is 0. The van der Waals surface area contributed by atoms with Crippen LogP contribution in [-0.2, 0) is 16.0 Å². The van der Waals surface area contributed by atoms with Gasteiger partial charge in [-0.25, -0.2) is 4.98 Å². The van der Waals surface area contributed by atoms with E-state index >= 15 is 0 Å². The van der Waals surface area contributed by atoms with E-state index in [0.29, 0.717) is 13.2 Å². The zero-order valence-corrected chi connectivity index (χ0v) is 12.0. The van der Waals surface area contributed by atoms with Gasteiger partial charge in [0, 0.05) is 19.3 Å². The highest BCUT2D eigenvalue weighted by molar-refractivity contribution is 5.72. The highest BCUT2D eigenvalue weighted by Gasteiger charge is 2.26. The molecule has 2 rings (SSSR count). The zero-order valence-electron chi connectivity index (χ0n) is 12.0. The average molecular weight is 277 g/mol. The summed E-state index contributed by atoms with van der Waals surface area (Å²) in [6, 6.07) is 4.11. The average Bonchev–Trinajstić information content (AvgIpc) is 2.49. The molecule has 110 valence electrons. The van der Waals surface area contributed by atoms with Gasteiger partial charge >= 0.3 is 5.97 Å². The van der Waals surface area contributed by atoms with Crippen LogP contribution in [-0.4, -0.2) is 37.2 Å². The monoisotopic (exact) mass is 277 g/mol. The molecule has 0 atom stereocenters. The van der Waals surface area contributed by atoms with Crippen molar-refractivity contribution in [2.24, 2.45) is 11.7 Å². The molecule has 2 heterocycles. The van der Waals surface area contributed by atoms with Gasteiger partial charge in [-0.1, -0.05) is 6.07 Å². The Morgan fingerprint density at radius 2 is 2.20 bits per heavy atom. The molecule has 1 fully saturated rings. The molecule has 1 aromatic heterocycles. The van der Waals surface area contributed by atoms with Gasteiger partial charge in [-0.2, -0.15) is 0 Å². The second-order valence-corrected chi connectivity index (χ2v) is 5.08. The lowest BCUT2D eigenvalue weighted by molar-refractivity contribution is -0.148. The van der Waals surface area contributed by atoms with Crippen molar-refractivity contribution in [2.75, 3.05) is 31.1 Å². The molecule has 5 nitrogen and oxygen atoms in total. The molecule has 5 heteroatoms. The predicted octanol–water partition coefficient (Wildman–Crippen LogP) is 1.36. The van der Waals surface area contributed by atoms with Crippen LogP contribution in [0.1, 0.15) is 25.3 Å². The number of hydrogen-bond donors (Lipinski definition) is 1. The number of nitrogens with zero attached hydrogens (tertiary/aromatic N) is 2. The van der Waals surface area contributed by atoms with Crippen molar-refractivity contribution in [1.82, 2.24) is 4.98 Å². The molecule has 20 heavy (non-hydrogen) atoms. The number of aromatic nitrogens is 1. The Kier molecular flexibility index (Phi) is 5.35. The maximum atomic E-state index is 11.7. The number of hydrogen-bond acceptors (Lipinski definition) is 5. The summed E-state index contributed by atoms with van der Waals surface area (Å²) in [6.07, 6.45) is 4.42. The Labute approximate surface area is 120 Å². The quantitative estimate of drug-likeness (QED) is 0.823. The smallest absolute Gasteiger partial charge is 0.309 e. The van der Waals surface area contributed by atoms with Gasteiger partial charge < -0.3 is 15.4 Å². The third-order valence-corrected chi connectivity index (χ3v) is 3.68. The number of pyridine rings is 1. The lowest BCUT2D eigenvalue weighted by Crippen LogP contribution is -2.37. The third-order valence-electron chi connectivity index (χ3n) is 3.68. The summed E-state index contributed by atoms with van der Waals surface area (Å²) < 4.78 is 5.08. The Morgan fingerprint density at radius 3 is 2.75 bits per heavy atom. The molecule has 0 radical (unpaired) electrons. The van der Waals surface area contributed by atoms with Crippen molar-refractivity contribution in [3.05, 3.63) is 23.9 Å². The van der Waals surface area contributed by atoms with Gasteiger partial charge in [-0.15, -0.1) is 0 Å². The highest BCUT2D eigenvalue weighted by atomic mass is 16.5. The Balaban J connectivity index is 1.88. The van der Waals surface area contributed by atoms with Gasteiger partial charge in [0.2, 0.25) is 0 Å². The van der Waals surface area contributed by atoms with Gasteiger partial charge in [-0.3, -0.25) is 4.79 Å². The molecular formula is C15H23N3O2. The van der Waals surface area contributed by atoms with E-state index in [1.54, 1.807) is 0 Å². The first-order chi connectivity index (χ1) is 9.74. The molecule has 1 aliphatic rings. The fourth-order valence-corrected chi connectivity index (χ4v) is 2.52. The van der Waals surface area contributed by atoms with Crippen LogP contribution in [0.5, 0.6) is 0 Å². The van der Waals surface area contributed by atoms with Crippen molar-refractivity contribution in [3.8, 4) is 0 Å². The second-order valence-electron chi connectivity index (χ2n) is 5.08. The molecular weight excluding hydrogens is 254 g/mol. The first kappa shape index (κ1) is 14.8. The van der Waals surface area contributed by atoms with E-state index in [2.05, 4.69) is 16.0 Å². The maximum absolute atomic E-state index is 11.7. The number of piperidine rings is 1. The summed E-state index contributed by atoms with van der Waals surface area (Å²) in [5.74, 6) is 0.967. The van der Waals surface area contributed by atoms with Crippen LogP contribution in [0.2, 0.25) is 0 Å². The number of esters is 1. The largest absolute Gasteiger partial charge is 0.466 e. The summed E-state index contributed by atoms with van der Waals surface area (Å²) in [5.41, 5.74) is 6.69. The van der Waals surface area contributed by atoms with E-state index in [-0.39, 0.29) is 11.9 Å². The first-order valence-electron chi connectivity index (χ1n) is 7.31. The van der Waals surface area contributed by atoms with E-state index < -0.39 is 0 Å². The second kappa shape index (κ2) is 7.24. The van der Waals surface area contributed by atoms with E-state index in [1.807, 2.05) is 19.2 Å². The molecule has 0 aliphatic carbocycles. The Morgan fingerprint density at radius 1 is 1.45 bits per heavy atom. The summed E-state index contributed by atoms with van der Waals surface area (Å²) in [6.45, 7) is 4.66. The summed E-state index contributed by atoms with van der Waals surface area (Å²) in [4.78, 5) is 18.4. The number of carbonyl (C=O) groups is 1. The molecule has 0 bridgehead atoms. The SMILES string of the molecule is CCOC(=O)C1CCN(c2ccc(CCN)cn2)CC1. The van der Waals surface area contributed by atoms with Crippen LogP contribution < -0.4 is 10.6 Å². The van der Waals surface area contributed by atoms with Gasteiger partial charge in [0.1, 0.15) is 5.82 Å². The fraction of sp³-hybridized carbons (Fsp3) is 0.600. The zero-order chi connectivity index (χ0) is 14.4. The number of ether oxygens (including phenoxy) is 1. The molecule has 0 spiro atoms. The summed E-state index contributed by atoms with van der Waals surface area (Å²) in [7, 11) is 0. The predicted molar refractivity (Wildman–Crippen MR) is 78.6 cm³/mol. The van der Waals surface area contributed by atoms with Gasteiger partial charge in [-0.05, 0) is 44.4 Å². The van der Waals surface area contributed by atoms with Crippen LogP contribution >= 0.6 is 0 Å². The molecule has 1 aliphatic heterocycles. The Hall–Kier alpha value is -1.62. The lowest BCUT2D eigenvalue weighted by atomic mass is 9.97. The summed E-state index contributed by atoms with van der Waals surface area (Å²) in [5, 5.41) is 0. The molecule has 0 aromatic carbocycles. The van der Waals surface area contributed by atoms with Crippen molar-refractivity contribution < 1.29 is 9.53 Å². The number of nitrogens with two attached hydrogens (primary N) is 1. The minimum absolute atomic E-state index is 0.0442. The van der Waals surface area contributed by atoms with Crippen LogP contribution in [0.4, 0.5) is 5.82 Å². The minimum atomic E-state index is -0.0570. The first-order valence-corrected chi connectivity index (χ1v) is 7.31. The topological polar surface area (TPSA) is 68.5 Å². The molecule has 0 amide bonds. The van der Waals surface area contributed by atoms with Gasteiger partial charge in [0.05, 0.1) is 12.5 Å². The number of anilines is 1. The van der Waals surface area contributed by atoms with Crippen molar-refractivity contribution in [2.45, 2.75) is 26.2 Å². The molecule has 0 unspecified atom stereocenters. The van der Waals surface area contributed by atoms with Crippen molar-refractivity contribution >= 4 is 11.8 Å². The van der Waals surface area contributed by atoms with Gasteiger partial charge in [0.25, 0.3) is 0 Å². The molecule has 1 aromatic rings. The van der Waals surface area contributed by atoms with Crippen molar-refractivity contribution in [1.29, 1.82) is 0 Å². The number of rotatable bonds is 5. The van der Waals surface area contributed by atoms with Gasteiger partial charge in [0.15, 0.2) is 0 Å². The van der Waals surface area contributed by atoms with E-state index in [1.165, 1.54) is 0 Å². The van der Waals surface area contributed by atoms with Crippen LogP contribution in [0.25, 0.3) is 0 Å². The van der Waals surface area contributed by atoms with Crippen LogP contribution in [0.3, 0.4) is 0 Å². The van der Waals surface area contributed by atoms with E-state index in [4.69, 9.17) is 10.5 Å². The normalized spacial score (nSPS) is 16.2. The number of carbonyl (C=O) groups excluding carboxylic acids is 1. The van der Waals surface area contributed by atoms with Crippen molar-refractivity contribution in [3.63, 3.8) is 0 Å². The maximum Gasteiger partial charge on any atom is 0.309 e. The molecule has 0 saturated carbocycles. The van der Waals surface area contributed by atoms with E-state index in [0.717, 1.165) is 43.7 Å². The molecule has 1 saturated heterocycles. The van der Waals surface area contributed by atoms with Crippen LogP contribution in [0.15, 0.2) is 18.3 Å². The van der Waals surface area contributed by atoms with Crippen LogP contribution in [0, 0.1) is 5.92 Å². The van der Waals surface area contributed by atoms with E-state index in [9.17, 15) is 4.79 Å². The Bertz CT molecular complexity index is 425. The standard InChI is InChI=1S/C15H23N3O2/c1-2-20-15(19)13-6-9-18(10-7-13)14-4-3-12(5-8-16)11-17-14/h3-4,11,13H,2,5-10,16H2,1H3. The molecule has 2 N–H and O–H groups in total. The third kappa shape index (κ3) is 3.70.